The summed E-state index contributed by atoms with van der Waals surface area (Å²) in [4.78, 5) is 35.9. The van der Waals surface area contributed by atoms with E-state index in [4.69, 9.17) is 5.11 Å². The van der Waals surface area contributed by atoms with E-state index in [9.17, 15) is 19.6 Å². The van der Waals surface area contributed by atoms with Gasteiger partial charge < -0.3 is 10.0 Å². The maximum atomic E-state index is 11.8. The molecule has 0 aliphatic carbocycles. The van der Waals surface area contributed by atoms with Gasteiger partial charge in [0, 0.05) is 0 Å². The predicted molar refractivity (Wildman–Crippen MR) is 72.7 cm³/mol. The molecule has 2 N–H and O–H groups in total. The van der Waals surface area contributed by atoms with E-state index in [1.165, 1.54) is 23.1 Å². The third-order valence-corrected chi connectivity index (χ3v) is 3.32. The summed E-state index contributed by atoms with van der Waals surface area (Å²) < 4.78 is 0. The highest BCUT2D eigenvalue weighted by molar-refractivity contribution is 6.05. The van der Waals surface area contributed by atoms with Gasteiger partial charge >= 0.3 is 5.97 Å². The number of carboxylic acid groups (broad SMARTS) is 1. The van der Waals surface area contributed by atoms with Crippen LogP contribution in [0.4, 0.5) is 5.69 Å². The summed E-state index contributed by atoms with van der Waals surface area (Å²) in [5, 5.41) is 20.4. The van der Waals surface area contributed by atoms with E-state index < -0.39 is 23.8 Å². The summed E-state index contributed by atoms with van der Waals surface area (Å²) in [6, 6.07) is 5.39. The molecule has 21 heavy (non-hydrogen) atoms. The summed E-state index contributed by atoms with van der Waals surface area (Å²) in [5.41, 5.74) is 0.490. The Bertz CT molecular complexity index is 663. The van der Waals surface area contributed by atoms with Crippen LogP contribution in [0.3, 0.4) is 0 Å². The van der Waals surface area contributed by atoms with E-state index in [0.717, 1.165) is 0 Å². The first-order valence-electron chi connectivity index (χ1n) is 6.35. The van der Waals surface area contributed by atoms with Crippen molar-refractivity contribution in [1.82, 2.24) is 5.32 Å². The van der Waals surface area contributed by atoms with Crippen molar-refractivity contribution < 1.29 is 19.5 Å². The molecule has 108 valence electrons. The number of rotatable bonds is 3. The van der Waals surface area contributed by atoms with E-state index in [2.05, 4.69) is 5.32 Å². The van der Waals surface area contributed by atoms with Crippen molar-refractivity contribution in [3.05, 3.63) is 29.3 Å². The van der Waals surface area contributed by atoms with Gasteiger partial charge in [-0.05, 0) is 24.6 Å². The number of aromatic carboxylic acids is 1. The van der Waals surface area contributed by atoms with Crippen LogP contribution in [0.2, 0.25) is 0 Å². The lowest BCUT2D eigenvalue weighted by molar-refractivity contribution is -0.132. The van der Waals surface area contributed by atoms with E-state index in [1.807, 2.05) is 6.07 Å². The van der Waals surface area contributed by atoms with Gasteiger partial charge in [0.25, 0.3) is 0 Å². The first-order chi connectivity index (χ1) is 9.97. The molecular formula is C14H13N3O4. The number of hydrogen-bond donors (Lipinski definition) is 2. The molecule has 7 heteroatoms. The van der Waals surface area contributed by atoms with Crippen LogP contribution < -0.4 is 10.2 Å². The minimum Gasteiger partial charge on any atom is -0.478 e. The fourth-order valence-electron chi connectivity index (χ4n) is 2.33. The van der Waals surface area contributed by atoms with Gasteiger partial charge in [-0.3, -0.25) is 14.9 Å². The molecule has 1 heterocycles. The third kappa shape index (κ3) is 2.69. The molecule has 0 aromatic heterocycles. The number of carbonyl (C=O) groups is 3. The minimum absolute atomic E-state index is 0.0175. The molecule has 0 bridgehead atoms. The molecule has 1 aliphatic heterocycles. The summed E-state index contributed by atoms with van der Waals surface area (Å²) in [6.45, 7) is 1.75. The molecule has 1 atom stereocenters. The second-order valence-electron chi connectivity index (χ2n) is 4.61. The van der Waals surface area contributed by atoms with Crippen LogP contribution in [0.15, 0.2) is 18.2 Å². The molecule has 1 aliphatic rings. The average Bonchev–Trinajstić information content (AvgIpc) is 2.45. The normalized spacial score (nSPS) is 18.1. The smallest absolute Gasteiger partial charge is 0.335 e. The van der Waals surface area contributed by atoms with Gasteiger partial charge in [-0.15, -0.1) is 0 Å². The Hall–Kier alpha value is -2.88. The first kappa shape index (κ1) is 14.5. The zero-order chi connectivity index (χ0) is 15.6. The van der Waals surface area contributed by atoms with Gasteiger partial charge in [0.05, 0.1) is 23.4 Å². The fourth-order valence-corrected chi connectivity index (χ4v) is 2.33. The Morgan fingerprint density at radius 2 is 2.24 bits per heavy atom. The predicted octanol–water partition coefficient (Wildman–Crippen LogP) is 0.498. The quantitative estimate of drug-likeness (QED) is 0.783. The summed E-state index contributed by atoms with van der Waals surface area (Å²) >= 11 is 0. The fraction of sp³-hybridized carbons (Fsp3) is 0.286. The van der Waals surface area contributed by atoms with Crippen LogP contribution in [0.5, 0.6) is 0 Å². The number of nitrogens with one attached hydrogen (secondary N) is 1. The minimum atomic E-state index is -1.14. The summed E-state index contributed by atoms with van der Waals surface area (Å²) in [5.74, 6) is -2.01. The molecule has 1 fully saturated rings. The highest BCUT2D eigenvalue weighted by atomic mass is 16.4. The zero-order valence-corrected chi connectivity index (χ0v) is 11.3. The van der Waals surface area contributed by atoms with E-state index in [0.29, 0.717) is 12.1 Å². The Kier molecular flexibility index (Phi) is 3.89. The standard InChI is InChI=1S/C14H13N3O4/c1-2-10-13(19)16-12(18)7-17(10)11-4-3-8(14(20)21)5-9(11)6-15/h3-5,10H,2,7H2,1H3,(H,20,21)(H,16,18,19). The van der Waals surface area contributed by atoms with Crippen molar-refractivity contribution in [2.75, 3.05) is 11.4 Å². The van der Waals surface area contributed by atoms with Crippen molar-refractivity contribution in [1.29, 1.82) is 5.26 Å². The second kappa shape index (κ2) is 5.63. The van der Waals surface area contributed by atoms with E-state index in [1.54, 1.807) is 6.92 Å². The van der Waals surface area contributed by atoms with E-state index in [-0.39, 0.29) is 17.7 Å². The lowest BCUT2D eigenvalue weighted by Crippen LogP contribution is -2.58. The maximum Gasteiger partial charge on any atom is 0.335 e. The second-order valence-corrected chi connectivity index (χ2v) is 4.61. The number of hydrogen-bond acceptors (Lipinski definition) is 5. The highest BCUT2D eigenvalue weighted by Crippen LogP contribution is 2.26. The Morgan fingerprint density at radius 1 is 1.52 bits per heavy atom. The number of benzene rings is 1. The molecule has 1 saturated heterocycles. The zero-order valence-electron chi connectivity index (χ0n) is 11.3. The van der Waals surface area contributed by atoms with Crippen LogP contribution >= 0.6 is 0 Å². The highest BCUT2D eigenvalue weighted by Gasteiger charge is 2.33. The number of carboxylic acids is 1. The Balaban J connectivity index is 2.48. The average molecular weight is 287 g/mol. The van der Waals surface area contributed by atoms with Gasteiger partial charge in [-0.2, -0.15) is 5.26 Å². The molecule has 0 radical (unpaired) electrons. The Morgan fingerprint density at radius 3 is 2.81 bits per heavy atom. The van der Waals surface area contributed by atoms with Crippen molar-refractivity contribution in [2.24, 2.45) is 0 Å². The van der Waals surface area contributed by atoms with E-state index >= 15 is 0 Å². The van der Waals surface area contributed by atoms with Crippen LogP contribution in [0, 0.1) is 11.3 Å². The number of amides is 2. The van der Waals surface area contributed by atoms with Crippen LogP contribution in [-0.2, 0) is 9.59 Å². The largest absolute Gasteiger partial charge is 0.478 e. The van der Waals surface area contributed by atoms with Crippen molar-refractivity contribution in [3.63, 3.8) is 0 Å². The number of piperazine rings is 1. The maximum absolute atomic E-state index is 11.8. The molecule has 1 aromatic carbocycles. The molecule has 2 rings (SSSR count). The van der Waals surface area contributed by atoms with Crippen molar-refractivity contribution >= 4 is 23.5 Å². The lowest BCUT2D eigenvalue weighted by atomic mass is 10.0. The number of nitrogens with zero attached hydrogens (tertiary/aromatic N) is 2. The molecule has 7 nitrogen and oxygen atoms in total. The van der Waals surface area contributed by atoms with Gasteiger partial charge in [-0.1, -0.05) is 6.92 Å². The van der Waals surface area contributed by atoms with Crippen LogP contribution in [0.25, 0.3) is 0 Å². The van der Waals surface area contributed by atoms with Gasteiger partial charge in [0.1, 0.15) is 12.1 Å². The summed E-state index contributed by atoms with van der Waals surface area (Å²) in [6.07, 6.45) is 0.463. The number of carbonyl (C=O) groups excluding carboxylic acids is 2. The SMILES string of the molecule is CCC1C(=O)NC(=O)CN1c1ccc(C(=O)O)cc1C#N. The molecule has 2 amide bonds. The Labute approximate surface area is 120 Å². The monoisotopic (exact) mass is 287 g/mol. The topological polar surface area (TPSA) is 110 Å². The van der Waals surface area contributed by atoms with Crippen molar-refractivity contribution in [3.8, 4) is 6.07 Å². The molecular weight excluding hydrogens is 274 g/mol. The molecule has 0 saturated carbocycles. The summed E-state index contributed by atoms with van der Waals surface area (Å²) in [7, 11) is 0. The number of anilines is 1. The van der Waals surface area contributed by atoms with Gasteiger partial charge in [0.15, 0.2) is 0 Å². The van der Waals surface area contributed by atoms with Gasteiger partial charge in [0.2, 0.25) is 11.8 Å². The number of imide groups is 1. The van der Waals surface area contributed by atoms with Crippen LogP contribution in [0.1, 0.15) is 29.3 Å². The van der Waals surface area contributed by atoms with Gasteiger partial charge in [-0.25, -0.2) is 4.79 Å². The molecule has 1 aromatic rings. The molecule has 1 unspecified atom stereocenters. The molecule has 0 spiro atoms. The first-order valence-corrected chi connectivity index (χ1v) is 6.35. The number of nitriles is 1. The lowest BCUT2D eigenvalue weighted by Gasteiger charge is -2.35. The third-order valence-electron chi connectivity index (χ3n) is 3.32. The van der Waals surface area contributed by atoms with Crippen LogP contribution in [-0.4, -0.2) is 35.5 Å². The van der Waals surface area contributed by atoms with Crippen molar-refractivity contribution in [2.45, 2.75) is 19.4 Å².